The van der Waals surface area contributed by atoms with Gasteiger partial charge >= 0.3 is 12.4 Å². The van der Waals surface area contributed by atoms with Crippen LogP contribution < -0.4 is 5.32 Å². The number of hydrogen-bond donors (Lipinski definition) is 1. The summed E-state index contributed by atoms with van der Waals surface area (Å²) >= 11 is 0. The third kappa shape index (κ3) is 7.31. The van der Waals surface area contributed by atoms with Gasteiger partial charge in [0.25, 0.3) is 0 Å². The molecule has 1 N–H and O–H groups in total. The van der Waals surface area contributed by atoms with Gasteiger partial charge in [0.05, 0.1) is 5.56 Å². The molecule has 0 aliphatic carbocycles. The minimum Gasteiger partial charge on any atom is -0.313 e. The summed E-state index contributed by atoms with van der Waals surface area (Å²) in [4.78, 5) is 0. The van der Waals surface area contributed by atoms with Gasteiger partial charge in [-0.25, -0.2) is 4.39 Å². The van der Waals surface area contributed by atoms with Crippen molar-refractivity contribution in [3.63, 3.8) is 0 Å². The summed E-state index contributed by atoms with van der Waals surface area (Å²) in [5.74, 6) is -1.00. The highest BCUT2D eigenvalue weighted by molar-refractivity contribution is 5.26. The van der Waals surface area contributed by atoms with Crippen LogP contribution >= 0.6 is 0 Å². The molecule has 0 bridgehead atoms. The molecule has 0 aliphatic heterocycles. The maximum absolute atomic E-state index is 13.1. The standard InChI is InChI=1S/C13H14F7N/c14-11-6-9(5-10(7-11)13(18,19)20)8-21-4-2-1-3-12(15,16)17/h5-7,21H,1-4,8H2. The largest absolute Gasteiger partial charge is 0.416 e. The molecule has 0 saturated carbocycles. The minimum atomic E-state index is -4.64. The van der Waals surface area contributed by atoms with Gasteiger partial charge in [-0.2, -0.15) is 26.3 Å². The van der Waals surface area contributed by atoms with Gasteiger partial charge < -0.3 is 5.32 Å². The molecular formula is C13H14F7N. The monoisotopic (exact) mass is 317 g/mol. The summed E-state index contributed by atoms with van der Waals surface area (Å²) < 4.78 is 86.0. The molecule has 0 saturated heterocycles. The average molecular weight is 317 g/mol. The molecule has 1 rings (SSSR count). The zero-order valence-electron chi connectivity index (χ0n) is 10.9. The maximum Gasteiger partial charge on any atom is 0.416 e. The van der Waals surface area contributed by atoms with Gasteiger partial charge in [0.15, 0.2) is 0 Å². The molecule has 1 nitrogen and oxygen atoms in total. The lowest BCUT2D eigenvalue weighted by atomic mass is 10.1. The van der Waals surface area contributed by atoms with Crippen molar-refractivity contribution in [2.24, 2.45) is 0 Å². The second-order valence-corrected chi connectivity index (χ2v) is 4.59. The molecule has 0 heterocycles. The third-order valence-electron chi connectivity index (χ3n) is 2.68. The molecule has 0 aromatic heterocycles. The lowest BCUT2D eigenvalue weighted by Gasteiger charge is -2.10. The van der Waals surface area contributed by atoms with Crippen LogP contribution in [0, 0.1) is 5.82 Å². The lowest BCUT2D eigenvalue weighted by molar-refractivity contribution is -0.138. The quantitative estimate of drug-likeness (QED) is 0.594. The predicted molar refractivity (Wildman–Crippen MR) is 63.0 cm³/mol. The molecule has 0 unspecified atom stereocenters. The first-order valence-corrected chi connectivity index (χ1v) is 6.22. The molecule has 0 spiro atoms. The molecule has 1 aromatic rings. The van der Waals surface area contributed by atoms with E-state index in [0.29, 0.717) is 6.07 Å². The highest BCUT2D eigenvalue weighted by atomic mass is 19.4. The van der Waals surface area contributed by atoms with Crippen LogP contribution in [-0.4, -0.2) is 12.7 Å². The maximum atomic E-state index is 13.1. The molecule has 0 radical (unpaired) electrons. The van der Waals surface area contributed by atoms with Crippen LogP contribution in [0.15, 0.2) is 18.2 Å². The van der Waals surface area contributed by atoms with E-state index in [-0.39, 0.29) is 31.5 Å². The Labute approximate surface area is 117 Å². The van der Waals surface area contributed by atoms with Crippen LogP contribution in [0.1, 0.15) is 30.4 Å². The van der Waals surface area contributed by atoms with Gasteiger partial charge in [0.2, 0.25) is 0 Å². The van der Waals surface area contributed by atoms with Crippen molar-refractivity contribution in [2.45, 2.75) is 38.2 Å². The number of nitrogens with one attached hydrogen (secondary N) is 1. The number of alkyl halides is 6. The van der Waals surface area contributed by atoms with E-state index in [9.17, 15) is 30.7 Å². The topological polar surface area (TPSA) is 12.0 Å². The summed E-state index contributed by atoms with van der Waals surface area (Å²) in [6.45, 7) is 0.181. The second-order valence-electron chi connectivity index (χ2n) is 4.59. The normalized spacial score (nSPS) is 12.7. The SMILES string of the molecule is Fc1cc(CNCCCCC(F)(F)F)cc(C(F)(F)F)c1. The smallest absolute Gasteiger partial charge is 0.313 e. The van der Waals surface area contributed by atoms with Gasteiger partial charge in [0, 0.05) is 13.0 Å². The van der Waals surface area contributed by atoms with Gasteiger partial charge in [-0.3, -0.25) is 0 Å². The number of hydrogen-bond acceptors (Lipinski definition) is 1. The van der Waals surface area contributed by atoms with Crippen molar-refractivity contribution < 1.29 is 30.7 Å². The Kier molecular flexibility index (Phi) is 6.00. The van der Waals surface area contributed by atoms with E-state index in [1.54, 1.807) is 0 Å². The summed E-state index contributed by atoms with van der Waals surface area (Å²) in [6, 6.07) is 2.16. The first-order valence-electron chi connectivity index (χ1n) is 6.22. The highest BCUT2D eigenvalue weighted by Crippen LogP contribution is 2.30. The first kappa shape index (κ1) is 17.7. The van der Waals surface area contributed by atoms with E-state index in [4.69, 9.17) is 0 Å². The Hall–Kier alpha value is -1.31. The fraction of sp³-hybridized carbons (Fsp3) is 0.538. The molecule has 0 fully saturated rings. The fourth-order valence-electron chi connectivity index (χ4n) is 1.72. The molecule has 1 aromatic carbocycles. The van der Waals surface area contributed by atoms with Crippen LogP contribution in [0.25, 0.3) is 0 Å². The zero-order chi connectivity index (χ0) is 16.1. The molecular weight excluding hydrogens is 303 g/mol. The summed E-state index contributed by atoms with van der Waals surface area (Å²) in [5, 5.41) is 2.69. The van der Waals surface area contributed by atoms with Crippen molar-refractivity contribution in [3.05, 3.63) is 35.1 Å². The Balaban J connectivity index is 2.41. The van der Waals surface area contributed by atoms with Crippen molar-refractivity contribution in [3.8, 4) is 0 Å². The average Bonchev–Trinajstić information content (AvgIpc) is 2.30. The number of rotatable bonds is 6. The molecule has 8 heteroatoms. The van der Waals surface area contributed by atoms with Crippen molar-refractivity contribution in [1.29, 1.82) is 0 Å². The van der Waals surface area contributed by atoms with E-state index in [1.165, 1.54) is 0 Å². The molecule has 0 amide bonds. The van der Waals surface area contributed by atoms with Crippen LogP contribution in [0.2, 0.25) is 0 Å². The Morgan fingerprint density at radius 2 is 1.57 bits per heavy atom. The molecule has 0 aliphatic rings. The van der Waals surface area contributed by atoms with E-state index < -0.39 is 30.2 Å². The van der Waals surface area contributed by atoms with Gasteiger partial charge in [-0.1, -0.05) is 0 Å². The van der Waals surface area contributed by atoms with Crippen LogP contribution in [0.5, 0.6) is 0 Å². The summed E-state index contributed by atoms with van der Waals surface area (Å²) in [7, 11) is 0. The second kappa shape index (κ2) is 7.11. The van der Waals surface area contributed by atoms with Crippen molar-refractivity contribution >= 4 is 0 Å². The summed E-state index contributed by atoms with van der Waals surface area (Å²) in [5.41, 5.74) is -0.991. The van der Waals surface area contributed by atoms with Crippen LogP contribution in [-0.2, 0) is 12.7 Å². The zero-order valence-corrected chi connectivity index (χ0v) is 10.9. The van der Waals surface area contributed by atoms with Crippen LogP contribution in [0.3, 0.4) is 0 Å². The number of unbranched alkanes of at least 4 members (excludes halogenated alkanes) is 1. The molecule has 0 atom stereocenters. The van der Waals surface area contributed by atoms with E-state index in [1.807, 2.05) is 0 Å². The van der Waals surface area contributed by atoms with E-state index in [2.05, 4.69) is 5.32 Å². The third-order valence-corrected chi connectivity index (χ3v) is 2.68. The summed E-state index contributed by atoms with van der Waals surface area (Å²) in [6.07, 6.45) is -9.56. The van der Waals surface area contributed by atoms with Crippen molar-refractivity contribution in [1.82, 2.24) is 5.32 Å². The highest BCUT2D eigenvalue weighted by Gasteiger charge is 2.31. The Bertz CT molecular complexity index is 451. The van der Waals surface area contributed by atoms with Gasteiger partial charge in [-0.15, -0.1) is 0 Å². The van der Waals surface area contributed by atoms with E-state index in [0.717, 1.165) is 12.1 Å². The fourth-order valence-corrected chi connectivity index (χ4v) is 1.72. The number of benzene rings is 1. The number of halogens is 7. The van der Waals surface area contributed by atoms with Crippen molar-refractivity contribution in [2.75, 3.05) is 6.54 Å². The molecule has 120 valence electrons. The predicted octanol–water partition coefficient (Wildman–Crippen LogP) is 4.67. The molecule has 21 heavy (non-hydrogen) atoms. The lowest BCUT2D eigenvalue weighted by Crippen LogP contribution is -2.17. The Morgan fingerprint density at radius 3 is 2.14 bits per heavy atom. The van der Waals surface area contributed by atoms with Crippen LogP contribution in [0.4, 0.5) is 30.7 Å². The Morgan fingerprint density at radius 1 is 0.905 bits per heavy atom. The van der Waals surface area contributed by atoms with E-state index >= 15 is 0 Å². The minimum absolute atomic E-state index is 0.0349. The first-order chi connectivity index (χ1) is 9.58. The van der Waals surface area contributed by atoms with Gasteiger partial charge in [-0.05, 0) is 43.1 Å². The van der Waals surface area contributed by atoms with Gasteiger partial charge in [0.1, 0.15) is 5.82 Å².